The predicted octanol–water partition coefficient (Wildman–Crippen LogP) is 0.0302. The van der Waals surface area contributed by atoms with Gasteiger partial charge in [0.25, 0.3) is 0 Å². The van der Waals surface area contributed by atoms with E-state index < -0.39 is 0 Å². The van der Waals surface area contributed by atoms with Gasteiger partial charge in [-0.2, -0.15) is 0 Å². The molecule has 0 aromatic heterocycles. The first-order valence-electron chi connectivity index (χ1n) is 3.63. The molecule has 3 nitrogen and oxygen atoms in total. The molecule has 0 bridgehead atoms. The summed E-state index contributed by atoms with van der Waals surface area (Å²) >= 11 is 0. The van der Waals surface area contributed by atoms with Crippen LogP contribution in [0.25, 0.3) is 0 Å². The van der Waals surface area contributed by atoms with Gasteiger partial charge in [-0.05, 0) is 0 Å². The van der Waals surface area contributed by atoms with Gasteiger partial charge in [-0.1, -0.05) is 6.92 Å². The van der Waals surface area contributed by atoms with Gasteiger partial charge in [0.2, 0.25) is 0 Å². The third kappa shape index (κ3) is 3.15. The predicted molar refractivity (Wildman–Crippen MR) is 36.8 cm³/mol. The van der Waals surface area contributed by atoms with Gasteiger partial charge < -0.3 is 14.6 Å². The summed E-state index contributed by atoms with van der Waals surface area (Å²) in [5.41, 5.74) is 0. The lowest BCUT2D eigenvalue weighted by atomic mass is 10.2. The van der Waals surface area contributed by atoms with E-state index in [2.05, 4.69) is 0 Å². The Hall–Kier alpha value is -0.120. The van der Waals surface area contributed by atoms with E-state index in [1.807, 2.05) is 6.92 Å². The van der Waals surface area contributed by atoms with Gasteiger partial charge in [0.15, 0.2) is 0 Å². The molecule has 0 amide bonds. The lowest BCUT2D eigenvalue weighted by Gasteiger charge is -2.06. The second kappa shape index (κ2) is 3.91. The third-order valence-corrected chi connectivity index (χ3v) is 1.42. The Labute approximate surface area is 60.9 Å². The topological polar surface area (TPSA) is 42.0 Å². The quantitative estimate of drug-likeness (QED) is 0.556. The minimum absolute atomic E-state index is 0.200. The van der Waals surface area contributed by atoms with E-state index in [0.29, 0.717) is 19.3 Å². The first kappa shape index (κ1) is 7.98. The number of hydrogen-bond donors (Lipinski definition) is 1. The Bertz CT molecular complexity index is 90.9. The van der Waals surface area contributed by atoms with Crippen molar-refractivity contribution < 1.29 is 14.6 Å². The molecular weight excluding hydrogens is 132 g/mol. The molecule has 3 heteroatoms. The normalized spacial score (nSPS) is 26.4. The maximum absolute atomic E-state index is 8.60. The molecule has 1 rings (SSSR count). The van der Waals surface area contributed by atoms with Crippen LogP contribution < -0.4 is 0 Å². The summed E-state index contributed by atoms with van der Waals surface area (Å²) in [5, 5.41) is 8.60. The van der Waals surface area contributed by atoms with Crippen molar-refractivity contribution in [2.24, 2.45) is 5.92 Å². The van der Waals surface area contributed by atoms with Crippen LogP contribution in [0.3, 0.4) is 0 Å². The highest BCUT2D eigenvalue weighted by Gasteiger charge is 2.22. The lowest BCUT2D eigenvalue weighted by molar-refractivity contribution is 0.0698. The first-order chi connectivity index (χ1) is 4.83. The number of rotatable bonds is 5. The summed E-state index contributed by atoms with van der Waals surface area (Å²) in [5.74, 6) is 0.249. The molecule has 2 unspecified atom stereocenters. The van der Waals surface area contributed by atoms with Crippen LogP contribution in [0.2, 0.25) is 0 Å². The Morgan fingerprint density at radius 3 is 3.00 bits per heavy atom. The fourth-order valence-electron chi connectivity index (χ4n) is 0.618. The standard InChI is InChI=1S/C7H14O3/c1-6(2-8)3-9-4-7-5-10-7/h6-8H,2-5H2,1H3. The van der Waals surface area contributed by atoms with Gasteiger partial charge in [-0.25, -0.2) is 0 Å². The lowest BCUT2D eigenvalue weighted by Crippen LogP contribution is -2.12. The third-order valence-electron chi connectivity index (χ3n) is 1.42. The van der Waals surface area contributed by atoms with Crippen LogP contribution in [0.4, 0.5) is 0 Å². The van der Waals surface area contributed by atoms with E-state index >= 15 is 0 Å². The highest BCUT2D eigenvalue weighted by atomic mass is 16.6. The number of aliphatic hydroxyl groups is 1. The number of ether oxygens (including phenoxy) is 2. The van der Waals surface area contributed by atoms with Crippen molar-refractivity contribution in [3.05, 3.63) is 0 Å². The van der Waals surface area contributed by atoms with E-state index in [4.69, 9.17) is 14.6 Å². The van der Waals surface area contributed by atoms with Crippen LogP contribution in [-0.4, -0.2) is 37.6 Å². The van der Waals surface area contributed by atoms with Gasteiger partial charge in [0.05, 0.1) is 19.8 Å². The number of aliphatic hydroxyl groups excluding tert-OH is 1. The Kier molecular flexibility index (Phi) is 3.12. The zero-order valence-electron chi connectivity index (χ0n) is 6.25. The molecule has 1 saturated heterocycles. The first-order valence-corrected chi connectivity index (χ1v) is 3.63. The second-order valence-electron chi connectivity index (χ2n) is 2.78. The summed E-state index contributed by atoms with van der Waals surface area (Å²) in [6, 6.07) is 0. The van der Waals surface area contributed by atoms with E-state index in [9.17, 15) is 0 Å². The van der Waals surface area contributed by atoms with Crippen molar-refractivity contribution in [3.63, 3.8) is 0 Å². The highest BCUT2D eigenvalue weighted by molar-refractivity contribution is 4.67. The van der Waals surface area contributed by atoms with E-state index in [-0.39, 0.29) is 12.5 Å². The van der Waals surface area contributed by atoms with E-state index in [0.717, 1.165) is 6.61 Å². The van der Waals surface area contributed by atoms with Crippen LogP contribution in [-0.2, 0) is 9.47 Å². The summed E-state index contributed by atoms with van der Waals surface area (Å²) in [4.78, 5) is 0. The maximum atomic E-state index is 8.60. The molecule has 1 heterocycles. The molecule has 10 heavy (non-hydrogen) atoms. The Balaban J connectivity index is 1.83. The van der Waals surface area contributed by atoms with Gasteiger partial charge in [-0.15, -0.1) is 0 Å². The van der Waals surface area contributed by atoms with Crippen molar-refractivity contribution in [3.8, 4) is 0 Å². The molecule has 0 aliphatic carbocycles. The number of epoxide rings is 1. The molecule has 0 spiro atoms. The Morgan fingerprint density at radius 1 is 1.80 bits per heavy atom. The number of hydrogen-bond acceptors (Lipinski definition) is 3. The van der Waals surface area contributed by atoms with Crippen molar-refractivity contribution in [1.82, 2.24) is 0 Å². The molecule has 1 fully saturated rings. The highest BCUT2D eigenvalue weighted by Crippen LogP contribution is 2.08. The van der Waals surface area contributed by atoms with Crippen molar-refractivity contribution in [2.45, 2.75) is 13.0 Å². The fraction of sp³-hybridized carbons (Fsp3) is 1.00. The SMILES string of the molecule is CC(CO)COCC1CO1. The minimum Gasteiger partial charge on any atom is -0.396 e. The largest absolute Gasteiger partial charge is 0.396 e. The van der Waals surface area contributed by atoms with Crippen LogP contribution >= 0.6 is 0 Å². The zero-order valence-corrected chi connectivity index (χ0v) is 6.25. The summed E-state index contributed by atoms with van der Waals surface area (Å²) in [6.45, 7) is 4.31. The van der Waals surface area contributed by atoms with Crippen LogP contribution in [0.15, 0.2) is 0 Å². The van der Waals surface area contributed by atoms with Crippen molar-refractivity contribution in [2.75, 3.05) is 26.4 Å². The minimum atomic E-state index is 0.200. The van der Waals surface area contributed by atoms with Crippen molar-refractivity contribution >= 4 is 0 Å². The van der Waals surface area contributed by atoms with Crippen LogP contribution in [0.1, 0.15) is 6.92 Å². The zero-order chi connectivity index (χ0) is 7.40. The Morgan fingerprint density at radius 2 is 2.50 bits per heavy atom. The van der Waals surface area contributed by atoms with Crippen LogP contribution in [0, 0.1) is 5.92 Å². The monoisotopic (exact) mass is 146 g/mol. The van der Waals surface area contributed by atoms with Gasteiger partial charge in [-0.3, -0.25) is 0 Å². The molecule has 1 N–H and O–H groups in total. The summed E-state index contributed by atoms with van der Waals surface area (Å²) in [7, 11) is 0. The molecule has 0 saturated carbocycles. The molecule has 1 aliphatic heterocycles. The van der Waals surface area contributed by atoms with E-state index in [1.54, 1.807) is 0 Å². The summed E-state index contributed by atoms with van der Waals surface area (Å²) < 4.78 is 10.2. The van der Waals surface area contributed by atoms with Gasteiger partial charge >= 0.3 is 0 Å². The molecule has 60 valence electrons. The molecule has 0 radical (unpaired) electrons. The molecule has 0 aromatic rings. The van der Waals surface area contributed by atoms with Crippen molar-refractivity contribution in [1.29, 1.82) is 0 Å². The van der Waals surface area contributed by atoms with Gasteiger partial charge in [0.1, 0.15) is 6.10 Å². The average molecular weight is 146 g/mol. The molecule has 1 aliphatic rings. The molecular formula is C7H14O3. The molecule has 2 atom stereocenters. The maximum Gasteiger partial charge on any atom is 0.104 e. The van der Waals surface area contributed by atoms with Crippen LogP contribution in [0.5, 0.6) is 0 Å². The van der Waals surface area contributed by atoms with E-state index in [1.165, 1.54) is 0 Å². The second-order valence-corrected chi connectivity index (χ2v) is 2.78. The smallest absolute Gasteiger partial charge is 0.104 e. The molecule has 0 aromatic carbocycles. The summed E-state index contributed by atoms with van der Waals surface area (Å²) in [6.07, 6.45) is 0.339. The average Bonchev–Trinajstić information content (AvgIpc) is 2.71. The van der Waals surface area contributed by atoms with Gasteiger partial charge in [0, 0.05) is 12.5 Å². The fourth-order valence-corrected chi connectivity index (χ4v) is 0.618.